The van der Waals surface area contributed by atoms with Crippen LogP contribution >= 0.6 is 0 Å². The van der Waals surface area contributed by atoms with Crippen molar-refractivity contribution in [3.05, 3.63) is 70.8 Å². The summed E-state index contributed by atoms with van der Waals surface area (Å²) in [6.45, 7) is 2.77. The lowest BCUT2D eigenvalue weighted by Crippen LogP contribution is -2.31. The minimum Gasteiger partial charge on any atom is -0.497 e. The standard InChI is InChI=1S/C34H39NO9/c1-8-14-43-32-26(27(9-2)35(37)34(36)21-10-12-25(38-3)13-11-21)15-22(16-29(32)39-4)24-19-28(44-20-24)23-17-30(40-5)33(42-7)31(18-23)41-6/h2,10-13,15-18,24,27-28,37H,8,14,19-20H2,1,3-7H3. The second kappa shape index (κ2) is 14.7. The van der Waals surface area contributed by atoms with E-state index in [-0.39, 0.29) is 17.6 Å². The van der Waals surface area contributed by atoms with Crippen LogP contribution in [-0.2, 0) is 4.74 Å². The van der Waals surface area contributed by atoms with Gasteiger partial charge in [0.05, 0.1) is 54.9 Å². The molecule has 1 N–H and O–H groups in total. The zero-order chi connectivity index (χ0) is 31.8. The number of nitrogens with zero attached hydrogens (tertiary/aromatic N) is 1. The predicted octanol–water partition coefficient (Wildman–Crippen LogP) is 5.97. The van der Waals surface area contributed by atoms with Crippen LogP contribution < -0.4 is 28.4 Å². The molecule has 3 atom stereocenters. The number of terminal acetylenes is 1. The third-order valence-corrected chi connectivity index (χ3v) is 7.55. The molecule has 1 fully saturated rings. The van der Waals surface area contributed by atoms with Crippen molar-refractivity contribution in [2.75, 3.05) is 48.8 Å². The normalized spacial score (nSPS) is 16.4. The van der Waals surface area contributed by atoms with Crippen LogP contribution in [0.1, 0.15) is 64.9 Å². The smallest absolute Gasteiger partial charge is 0.278 e. The highest BCUT2D eigenvalue weighted by Gasteiger charge is 2.33. The molecule has 10 heteroatoms. The summed E-state index contributed by atoms with van der Waals surface area (Å²) in [5.74, 6) is 4.80. The van der Waals surface area contributed by atoms with Crippen LogP contribution in [0.15, 0.2) is 48.5 Å². The van der Waals surface area contributed by atoms with Crippen molar-refractivity contribution in [3.8, 4) is 46.8 Å². The Morgan fingerprint density at radius 2 is 1.55 bits per heavy atom. The fourth-order valence-electron chi connectivity index (χ4n) is 5.25. The first kappa shape index (κ1) is 32.3. The molecule has 4 rings (SSSR count). The Bertz CT molecular complexity index is 1460. The highest BCUT2D eigenvalue weighted by atomic mass is 16.5. The van der Waals surface area contributed by atoms with Gasteiger partial charge in [0.1, 0.15) is 11.8 Å². The van der Waals surface area contributed by atoms with E-state index in [1.54, 1.807) is 45.6 Å². The molecule has 44 heavy (non-hydrogen) atoms. The molecule has 3 unspecified atom stereocenters. The van der Waals surface area contributed by atoms with Gasteiger partial charge in [0.2, 0.25) is 5.75 Å². The SMILES string of the molecule is C#CC(c1cc(C2COC(c3cc(OC)c(OC)c(OC)c3)C2)cc(OC)c1OCCC)N(O)C(=O)c1ccc(OC)cc1. The second-order valence-electron chi connectivity index (χ2n) is 10.2. The Labute approximate surface area is 258 Å². The average molecular weight is 606 g/mol. The third kappa shape index (κ3) is 6.64. The molecule has 1 aliphatic heterocycles. The number of hydroxylamine groups is 2. The van der Waals surface area contributed by atoms with E-state index in [4.69, 9.17) is 39.6 Å². The summed E-state index contributed by atoms with van der Waals surface area (Å²) in [5.41, 5.74) is 2.41. The largest absolute Gasteiger partial charge is 0.497 e. The van der Waals surface area contributed by atoms with Gasteiger partial charge < -0.3 is 33.2 Å². The first-order valence-corrected chi connectivity index (χ1v) is 14.2. The van der Waals surface area contributed by atoms with Gasteiger partial charge >= 0.3 is 0 Å². The summed E-state index contributed by atoms with van der Waals surface area (Å²) < 4.78 is 39.8. The Morgan fingerprint density at radius 3 is 2.09 bits per heavy atom. The van der Waals surface area contributed by atoms with Gasteiger partial charge in [-0.2, -0.15) is 0 Å². The van der Waals surface area contributed by atoms with E-state index < -0.39 is 11.9 Å². The molecule has 234 valence electrons. The summed E-state index contributed by atoms with van der Waals surface area (Å²) >= 11 is 0. The fraction of sp³-hybridized carbons (Fsp3) is 0.382. The number of amides is 1. The molecular formula is C34H39NO9. The number of ether oxygens (including phenoxy) is 7. The lowest BCUT2D eigenvalue weighted by atomic mass is 9.90. The van der Waals surface area contributed by atoms with Gasteiger partial charge in [-0.1, -0.05) is 12.8 Å². The first-order valence-electron chi connectivity index (χ1n) is 14.2. The first-order chi connectivity index (χ1) is 21.3. The van der Waals surface area contributed by atoms with Crippen molar-refractivity contribution in [1.29, 1.82) is 0 Å². The number of hydrogen-bond acceptors (Lipinski definition) is 9. The quantitative estimate of drug-likeness (QED) is 0.143. The Balaban J connectivity index is 1.70. The van der Waals surface area contributed by atoms with Gasteiger partial charge in [-0.05, 0) is 72.5 Å². The van der Waals surface area contributed by atoms with Crippen LogP contribution in [-0.4, -0.2) is 64.9 Å². The number of carbonyl (C=O) groups is 1. The van der Waals surface area contributed by atoms with Crippen molar-refractivity contribution in [2.24, 2.45) is 0 Å². The second-order valence-corrected chi connectivity index (χ2v) is 10.2. The Hall–Kier alpha value is -4.59. The van der Waals surface area contributed by atoms with Crippen LogP contribution in [0.4, 0.5) is 0 Å². The number of rotatable bonds is 13. The molecule has 0 radical (unpaired) electrons. The van der Waals surface area contributed by atoms with Crippen molar-refractivity contribution >= 4 is 5.91 Å². The lowest BCUT2D eigenvalue weighted by Gasteiger charge is -2.26. The minimum absolute atomic E-state index is 0.0603. The van der Waals surface area contributed by atoms with Crippen molar-refractivity contribution < 1.29 is 43.2 Å². The third-order valence-electron chi connectivity index (χ3n) is 7.55. The van der Waals surface area contributed by atoms with Gasteiger partial charge in [0.15, 0.2) is 23.0 Å². The number of hydrogen-bond donors (Lipinski definition) is 1. The maximum absolute atomic E-state index is 13.3. The molecule has 1 heterocycles. The summed E-state index contributed by atoms with van der Waals surface area (Å²) in [7, 11) is 7.77. The van der Waals surface area contributed by atoms with Gasteiger partial charge in [-0.15, -0.1) is 6.42 Å². The molecule has 3 aromatic rings. The summed E-state index contributed by atoms with van der Waals surface area (Å²) in [5, 5.41) is 11.7. The van der Waals surface area contributed by atoms with Crippen molar-refractivity contribution in [3.63, 3.8) is 0 Å². The molecular weight excluding hydrogens is 566 g/mol. The van der Waals surface area contributed by atoms with Gasteiger partial charge in [-0.25, -0.2) is 5.06 Å². The van der Waals surface area contributed by atoms with E-state index in [9.17, 15) is 10.0 Å². The fourth-order valence-corrected chi connectivity index (χ4v) is 5.25. The van der Waals surface area contributed by atoms with E-state index in [0.717, 1.165) is 17.5 Å². The summed E-state index contributed by atoms with van der Waals surface area (Å²) in [6, 6.07) is 12.7. The number of carbonyl (C=O) groups excluding carboxylic acids is 1. The van der Waals surface area contributed by atoms with Crippen LogP contribution in [0.2, 0.25) is 0 Å². The number of methoxy groups -OCH3 is 5. The van der Waals surface area contributed by atoms with E-state index in [2.05, 4.69) is 5.92 Å². The lowest BCUT2D eigenvalue weighted by molar-refractivity contribution is -0.0760. The average Bonchev–Trinajstić information content (AvgIpc) is 3.57. The monoisotopic (exact) mass is 605 g/mol. The molecule has 10 nitrogen and oxygen atoms in total. The summed E-state index contributed by atoms with van der Waals surface area (Å²) in [6.07, 6.45) is 7.06. The molecule has 0 spiro atoms. The van der Waals surface area contributed by atoms with Gasteiger partial charge in [0.25, 0.3) is 5.91 Å². The van der Waals surface area contributed by atoms with E-state index in [0.29, 0.717) is 64.8 Å². The molecule has 1 aliphatic rings. The summed E-state index contributed by atoms with van der Waals surface area (Å²) in [4.78, 5) is 13.3. The van der Waals surface area contributed by atoms with Crippen LogP contribution in [0, 0.1) is 12.3 Å². The topological polar surface area (TPSA) is 105 Å². The van der Waals surface area contributed by atoms with E-state index in [1.165, 1.54) is 14.2 Å². The van der Waals surface area contributed by atoms with Gasteiger partial charge in [0, 0.05) is 17.0 Å². The van der Waals surface area contributed by atoms with E-state index in [1.807, 2.05) is 31.2 Å². The van der Waals surface area contributed by atoms with Crippen molar-refractivity contribution in [2.45, 2.75) is 37.8 Å². The van der Waals surface area contributed by atoms with Gasteiger partial charge in [-0.3, -0.25) is 10.0 Å². The van der Waals surface area contributed by atoms with Crippen LogP contribution in [0.5, 0.6) is 34.5 Å². The van der Waals surface area contributed by atoms with Crippen molar-refractivity contribution in [1.82, 2.24) is 5.06 Å². The zero-order valence-corrected chi connectivity index (χ0v) is 25.9. The Kier molecular flexibility index (Phi) is 10.8. The Morgan fingerprint density at radius 1 is 0.932 bits per heavy atom. The molecule has 3 aromatic carbocycles. The molecule has 0 aliphatic carbocycles. The van der Waals surface area contributed by atoms with E-state index >= 15 is 0 Å². The molecule has 1 amide bonds. The number of benzene rings is 3. The van der Waals surface area contributed by atoms with Crippen LogP contribution in [0.25, 0.3) is 0 Å². The zero-order valence-electron chi connectivity index (χ0n) is 25.9. The molecule has 0 aromatic heterocycles. The highest BCUT2D eigenvalue weighted by molar-refractivity contribution is 5.94. The molecule has 0 bridgehead atoms. The predicted molar refractivity (Wildman–Crippen MR) is 163 cm³/mol. The maximum atomic E-state index is 13.3. The van der Waals surface area contributed by atoms with Crippen LogP contribution in [0.3, 0.4) is 0 Å². The minimum atomic E-state index is -1.17. The molecule has 0 saturated carbocycles. The highest BCUT2D eigenvalue weighted by Crippen LogP contribution is 2.47. The molecule has 1 saturated heterocycles. The maximum Gasteiger partial charge on any atom is 0.278 e.